The molecule has 0 saturated carbocycles. The first-order valence-electron chi connectivity index (χ1n) is 13.1. The molecule has 3 aliphatic rings. The third kappa shape index (κ3) is 4.71. The van der Waals surface area contributed by atoms with Crippen molar-refractivity contribution >= 4 is 23.4 Å². The number of fused-ring (bicyclic) bond motifs is 3. The van der Waals surface area contributed by atoms with Crippen LogP contribution in [0.3, 0.4) is 0 Å². The predicted molar refractivity (Wildman–Crippen MR) is 143 cm³/mol. The molecule has 0 saturated heterocycles. The maximum atomic E-state index is 13.9. The molecule has 6 N–H and O–H groups in total. The van der Waals surface area contributed by atoms with Gasteiger partial charge in [-0.3, -0.25) is 24.1 Å². The van der Waals surface area contributed by atoms with Crippen LogP contribution in [-0.2, 0) is 20.8 Å². The summed E-state index contributed by atoms with van der Waals surface area (Å²) in [4.78, 5) is 53.3. The number of likely N-dealkylation sites (N-methyl/N-ethyl adjacent to an activating group) is 1. The zero-order valence-corrected chi connectivity index (χ0v) is 23.2. The van der Waals surface area contributed by atoms with Gasteiger partial charge in [0.15, 0.2) is 11.6 Å². The highest BCUT2D eigenvalue weighted by Crippen LogP contribution is 2.54. The molecular formula is C29H37N3O7. The fourth-order valence-corrected chi connectivity index (χ4v) is 6.53. The number of aliphatic hydroxyl groups excluding tert-OH is 2. The first kappa shape index (κ1) is 28.4. The van der Waals surface area contributed by atoms with Gasteiger partial charge in [-0.25, -0.2) is 0 Å². The van der Waals surface area contributed by atoms with Crippen LogP contribution in [0.15, 0.2) is 34.8 Å². The summed E-state index contributed by atoms with van der Waals surface area (Å²) in [6.45, 7) is 7.50. The lowest BCUT2D eigenvalue weighted by atomic mass is 9.58. The fraction of sp³-hybridized carbons (Fsp3) is 0.517. The number of allylic oxidation sites excluding steroid dienone is 2. The lowest BCUT2D eigenvalue weighted by Crippen LogP contribution is -2.53. The maximum absolute atomic E-state index is 13.9. The maximum Gasteiger partial charge on any atom is 0.255 e. The second kappa shape index (κ2) is 9.82. The molecule has 1 aromatic carbocycles. The molecule has 0 aliphatic heterocycles. The molecule has 5 atom stereocenters. The van der Waals surface area contributed by atoms with Gasteiger partial charge in [-0.2, -0.15) is 0 Å². The zero-order chi connectivity index (χ0) is 29.1. The average molecular weight is 540 g/mol. The molecule has 10 heteroatoms. The highest BCUT2D eigenvalue weighted by Gasteiger charge is 2.55. The summed E-state index contributed by atoms with van der Waals surface area (Å²) in [5.41, 5.74) is 5.57. The van der Waals surface area contributed by atoms with E-state index in [1.54, 1.807) is 31.1 Å². The van der Waals surface area contributed by atoms with Gasteiger partial charge >= 0.3 is 0 Å². The Morgan fingerprint density at radius 1 is 1.10 bits per heavy atom. The van der Waals surface area contributed by atoms with Crippen molar-refractivity contribution in [3.63, 3.8) is 0 Å². The van der Waals surface area contributed by atoms with Crippen LogP contribution in [0.25, 0.3) is 0 Å². The van der Waals surface area contributed by atoms with E-state index in [2.05, 4.69) is 5.32 Å². The summed E-state index contributed by atoms with van der Waals surface area (Å²) < 4.78 is 0. The second-order valence-corrected chi connectivity index (χ2v) is 12.1. The number of carbonyl (C=O) groups excluding carboxylic acids is 4. The summed E-state index contributed by atoms with van der Waals surface area (Å²) >= 11 is 0. The van der Waals surface area contributed by atoms with Crippen LogP contribution in [0.4, 0.5) is 0 Å². The van der Waals surface area contributed by atoms with Crippen molar-refractivity contribution in [2.45, 2.75) is 64.5 Å². The van der Waals surface area contributed by atoms with E-state index in [-0.39, 0.29) is 48.0 Å². The number of hydrogen-bond donors (Lipinski definition) is 5. The molecule has 210 valence electrons. The summed E-state index contributed by atoms with van der Waals surface area (Å²) in [6, 6.07) is 2.72. The molecule has 0 bridgehead atoms. The standard InChI is InChI=1S/C29H37N3O7/c1-12-14-9-7-13(8-10-17(33)31-29(2,3)4)23(34)18(14)24(35)19-15(12)11-16-20(25(19)36)26(37)21(28(30)39)27(38)22(16)32(5)6/h7,9,12,15-16,20,22,34,36,38H,8,10-11H2,1-6H3,(H2,30,39)(H,31,33). The molecule has 0 radical (unpaired) electrons. The highest BCUT2D eigenvalue weighted by atomic mass is 16.3. The number of rotatable bonds is 5. The molecule has 10 nitrogen and oxygen atoms in total. The number of hydrogen-bond acceptors (Lipinski definition) is 8. The van der Waals surface area contributed by atoms with Gasteiger partial charge in [0.25, 0.3) is 5.91 Å². The first-order chi connectivity index (χ1) is 18.1. The van der Waals surface area contributed by atoms with Gasteiger partial charge in [-0.1, -0.05) is 19.1 Å². The summed E-state index contributed by atoms with van der Waals surface area (Å²) in [7, 11) is 3.38. The van der Waals surface area contributed by atoms with Gasteiger partial charge in [0.2, 0.25) is 5.91 Å². The van der Waals surface area contributed by atoms with E-state index in [0.717, 1.165) is 0 Å². The molecule has 0 aromatic heterocycles. The topological polar surface area (TPSA) is 170 Å². The molecule has 0 heterocycles. The van der Waals surface area contributed by atoms with E-state index in [9.17, 15) is 34.5 Å². The van der Waals surface area contributed by atoms with Gasteiger partial charge in [-0.15, -0.1) is 0 Å². The van der Waals surface area contributed by atoms with Crippen molar-refractivity contribution in [1.29, 1.82) is 0 Å². The minimum Gasteiger partial charge on any atom is -0.511 e. The number of phenolic OH excluding ortho intramolecular Hbond substituents is 1. The number of aliphatic hydroxyl groups is 2. The van der Waals surface area contributed by atoms with Gasteiger partial charge < -0.3 is 26.4 Å². The number of ketones is 2. The van der Waals surface area contributed by atoms with Crippen LogP contribution in [0, 0.1) is 17.8 Å². The molecule has 1 aromatic rings. The SMILES string of the molecule is CC1c2ccc(CCC(=O)NC(C)(C)C)c(O)c2C(=O)C2=C(O)C3C(=O)C(C(N)=O)=C(O)C(N(C)C)C3CC21. The summed E-state index contributed by atoms with van der Waals surface area (Å²) in [6.07, 6.45) is 0.604. The third-order valence-corrected chi connectivity index (χ3v) is 8.16. The zero-order valence-electron chi connectivity index (χ0n) is 23.2. The van der Waals surface area contributed by atoms with Crippen LogP contribution in [-0.4, -0.2) is 69.3 Å². The van der Waals surface area contributed by atoms with Crippen molar-refractivity contribution in [2.75, 3.05) is 14.1 Å². The lowest BCUT2D eigenvalue weighted by molar-refractivity contribution is -0.127. The normalized spacial score (nSPS) is 26.8. The van der Waals surface area contributed by atoms with E-state index < -0.39 is 63.9 Å². The number of Topliss-reactive ketones (excluding diaryl/α,β-unsaturated/α-hetero) is 2. The van der Waals surface area contributed by atoms with Crippen molar-refractivity contribution in [3.05, 3.63) is 51.5 Å². The van der Waals surface area contributed by atoms with Gasteiger partial charge in [0.1, 0.15) is 22.8 Å². The Kier molecular flexibility index (Phi) is 7.14. The highest BCUT2D eigenvalue weighted by molar-refractivity contribution is 6.22. The average Bonchev–Trinajstić information content (AvgIpc) is 2.79. The smallest absolute Gasteiger partial charge is 0.255 e. The minimum atomic E-state index is -1.23. The number of nitrogens with one attached hydrogen (secondary N) is 1. The Hall–Kier alpha value is -3.66. The first-order valence-corrected chi connectivity index (χ1v) is 13.1. The largest absolute Gasteiger partial charge is 0.511 e. The van der Waals surface area contributed by atoms with Gasteiger partial charge in [0.05, 0.1) is 17.5 Å². The molecule has 39 heavy (non-hydrogen) atoms. The monoisotopic (exact) mass is 539 g/mol. The van der Waals surface area contributed by atoms with Crippen molar-refractivity contribution in [2.24, 2.45) is 23.5 Å². The molecule has 0 fully saturated rings. The predicted octanol–water partition coefficient (Wildman–Crippen LogP) is 2.41. The summed E-state index contributed by atoms with van der Waals surface area (Å²) in [5.74, 6) is -6.43. The number of aryl methyl sites for hydroxylation is 1. The van der Waals surface area contributed by atoms with Crippen LogP contribution in [0.2, 0.25) is 0 Å². The van der Waals surface area contributed by atoms with Gasteiger partial charge in [0, 0.05) is 17.5 Å². The molecule has 4 rings (SSSR count). The van der Waals surface area contributed by atoms with Crippen LogP contribution < -0.4 is 11.1 Å². The van der Waals surface area contributed by atoms with Crippen molar-refractivity contribution < 1.29 is 34.5 Å². The second-order valence-electron chi connectivity index (χ2n) is 12.1. The lowest BCUT2D eigenvalue weighted by Gasteiger charge is -2.47. The Morgan fingerprint density at radius 2 is 1.74 bits per heavy atom. The van der Waals surface area contributed by atoms with E-state index in [1.165, 1.54) is 0 Å². The van der Waals surface area contributed by atoms with Crippen molar-refractivity contribution in [3.8, 4) is 5.75 Å². The molecular weight excluding hydrogens is 502 g/mol. The van der Waals surface area contributed by atoms with Crippen molar-refractivity contribution in [1.82, 2.24) is 10.2 Å². The number of nitrogens with zero attached hydrogens (tertiary/aromatic N) is 1. The van der Waals surface area contributed by atoms with Crippen LogP contribution >= 0.6 is 0 Å². The number of nitrogens with two attached hydrogens (primary N) is 1. The number of primary amides is 1. The Labute approximate surface area is 227 Å². The molecule has 3 aliphatic carbocycles. The Bertz CT molecular complexity index is 1330. The minimum absolute atomic E-state index is 0.0326. The fourth-order valence-electron chi connectivity index (χ4n) is 6.53. The molecule has 0 spiro atoms. The van der Waals surface area contributed by atoms with E-state index in [4.69, 9.17) is 5.73 Å². The quantitative estimate of drug-likeness (QED) is 0.355. The number of benzene rings is 1. The summed E-state index contributed by atoms with van der Waals surface area (Å²) in [5, 5.41) is 36.3. The number of aromatic hydroxyl groups is 1. The van der Waals surface area contributed by atoms with Crippen LogP contribution in [0.5, 0.6) is 5.75 Å². The number of phenols is 1. The van der Waals surface area contributed by atoms with E-state index >= 15 is 0 Å². The Morgan fingerprint density at radius 3 is 2.31 bits per heavy atom. The molecule has 5 unspecified atom stereocenters. The van der Waals surface area contributed by atoms with E-state index in [0.29, 0.717) is 11.1 Å². The molecule has 2 amide bonds. The third-order valence-electron chi connectivity index (χ3n) is 8.16. The van der Waals surface area contributed by atoms with Gasteiger partial charge in [-0.05, 0) is 76.6 Å². The Balaban J connectivity index is 1.77. The number of carbonyl (C=O) groups is 4. The number of amides is 2. The van der Waals surface area contributed by atoms with E-state index in [1.807, 2.05) is 27.7 Å². The van der Waals surface area contributed by atoms with Crippen LogP contribution in [0.1, 0.15) is 67.9 Å².